The van der Waals surface area contributed by atoms with E-state index in [9.17, 15) is 14.7 Å². The van der Waals surface area contributed by atoms with Crippen molar-refractivity contribution in [2.75, 3.05) is 20.1 Å². The average molecular weight is 322 g/mol. The van der Waals surface area contributed by atoms with Crippen LogP contribution in [-0.2, 0) is 22.6 Å². The van der Waals surface area contributed by atoms with E-state index in [-0.39, 0.29) is 24.8 Å². The molecule has 0 aliphatic carbocycles. The van der Waals surface area contributed by atoms with E-state index in [1.54, 1.807) is 24.3 Å². The lowest BCUT2D eigenvalue weighted by molar-refractivity contribution is -0.139. The quantitative estimate of drug-likeness (QED) is 0.790. The second-order valence-electron chi connectivity index (χ2n) is 6.14. The third-order valence-corrected chi connectivity index (χ3v) is 4.43. The van der Waals surface area contributed by atoms with Crippen LogP contribution in [0, 0.1) is 0 Å². The average Bonchev–Trinajstić information content (AvgIpc) is 2.99. The fourth-order valence-electron chi connectivity index (χ4n) is 3.04. The van der Waals surface area contributed by atoms with Gasteiger partial charge in [-0.05, 0) is 19.3 Å². The second kappa shape index (κ2) is 7.59. The number of carbonyl (C=O) groups excluding carboxylic acids is 2. The maximum Gasteiger partial charge on any atom is 0.242 e. The number of carbonyl (C=O) groups is 2. The highest BCUT2D eigenvalue weighted by molar-refractivity contribution is 5.76. The van der Waals surface area contributed by atoms with Crippen LogP contribution in [0.4, 0.5) is 0 Å². The molecule has 23 heavy (non-hydrogen) atoms. The normalized spacial score (nSPS) is 21.3. The van der Waals surface area contributed by atoms with Crippen molar-refractivity contribution in [2.24, 2.45) is 0 Å². The van der Waals surface area contributed by atoms with Gasteiger partial charge in [0.2, 0.25) is 11.8 Å². The van der Waals surface area contributed by atoms with Gasteiger partial charge in [-0.2, -0.15) is 0 Å². The minimum absolute atomic E-state index is 0.0178. The molecule has 1 fully saturated rings. The zero-order valence-electron chi connectivity index (χ0n) is 13.9. The first-order valence-electron chi connectivity index (χ1n) is 8.18. The highest BCUT2D eigenvalue weighted by Gasteiger charge is 2.35. The molecule has 1 saturated heterocycles. The molecule has 2 heterocycles. The minimum atomic E-state index is -0.969. The standard InChI is InChI=1S/C16H26N4O3/c1-3-13-18-8-10-19(13)11-15(22)20-9-4-6-16(23,12-20)7-5-14(21)17-2/h8,10,23H,3-7,9,11-12H2,1-2H3,(H,17,21). The van der Waals surface area contributed by atoms with Crippen LogP contribution in [-0.4, -0.2) is 57.1 Å². The Labute approximate surface area is 136 Å². The molecule has 2 rings (SSSR count). The second-order valence-corrected chi connectivity index (χ2v) is 6.14. The summed E-state index contributed by atoms with van der Waals surface area (Å²) in [4.78, 5) is 29.8. The molecule has 2 amide bonds. The molecule has 0 radical (unpaired) electrons. The lowest BCUT2D eigenvalue weighted by Gasteiger charge is -2.39. The van der Waals surface area contributed by atoms with Crippen LogP contribution in [0.15, 0.2) is 12.4 Å². The van der Waals surface area contributed by atoms with Crippen LogP contribution >= 0.6 is 0 Å². The van der Waals surface area contributed by atoms with Crippen LogP contribution in [0.1, 0.15) is 38.4 Å². The van der Waals surface area contributed by atoms with Gasteiger partial charge < -0.3 is 19.9 Å². The van der Waals surface area contributed by atoms with Crippen molar-refractivity contribution >= 4 is 11.8 Å². The maximum atomic E-state index is 12.5. The molecule has 1 aromatic rings. The van der Waals surface area contributed by atoms with Crippen molar-refractivity contribution in [3.05, 3.63) is 18.2 Å². The zero-order valence-corrected chi connectivity index (χ0v) is 13.9. The zero-order chi connectivity index (χ0) is 16.9. The summed E-state index contributed by atoms with van der Waals surface area (Å²) in [6, 6.07) is 0. The predicted octanol–water partition coefficient (Wildman–Crippen LogP) is 0.325. The first-order chi connectivity index (χ1) is 11.0. The molecule has 0 aromatic carbocycles. The number of hydrogen-bond donors (Lipinski definition) is 2. The smallest absolute Gasteiger partial charge is 0.242 e. The van der Waals surface area contributed by atoms with Gasteiger partial charge in [-0.25, -0.2) is 4.98 Å². The van der Waals surface area contributed by atoms with E-state index in [0.29, 0.717) is 25.9 Å². The summed E-state index contributed by atoms with van der Waals surface area (Å²) in [5, 5.41) is 13.2. The molecule has 0 bridgehead atoms. The molecule has 1 aliphatic rings. The Balaban J connectivity index is 1.94. The van der Waals surface area contributed by atoms with Gasteiger partial charge in [0.05, 0.1) is 5.60 Å². The number of hydrogen-bond acceptors (Lipinski definition) is 4. The van der Waals surface area contributed by atoms with Crippen molar-refractivity contribution in [1.29, 1.82) is 0 Å². The maximum absolute atomic E-state index is 12.5. The van der Waals surface area contributed by atoms with Crippen molar-refractivity contribution in [3.8, 4) is 0 Å². The van der Waals surface area contributed by atoms with Gasteiger partial charge >= 0.3 is 0 Å². The number of amides is 2. The molecular formula is C16H26N4O3. The van der Waals surface area contributed by atoms with E-state index in [4.69, 9.17) is 0 Å². The van der Waals surface area contributed by atoms with Gasteiger partial charge in [0.1, 0.15) is 12.4 Å². The van der Waals surface area contributed by atoms with Crippen LogP contribution in [0.2, 0.25) is 0 Å². The Kier molecular flexibility index (Phi) is 5.76. The van der Waals surface area contributed by atoms with Gasteiger partial charge in [-0.15, -0.1) is 0 Å². The lowest BCUT2D eigenvalue weighted by Crippen LogP contribution is -2.51. The Hall–Kier alpha value is -1.89. The summed E-state index contributed by atoms with van der Waals surface area (Å²) in [7, 11) is 1.58. The van der Waals surface area contributed by atoms with Crippen molar-refractivity contribution < 1.29 is 14.7 Å². The van der Waals surface area contributed by atoms with Gasteiger partial charge in [-0.1, -0.05) is 6.92 Å². The number of β-amino-alcohol motifs (C(OH)–C–C–N with tert-alkyl or cyclic N) is 1. The number of imidazole rings is 1. The number of aromatic nitrogens is 2. The number of nitrogens with zero attached hydrogens (tertiary/aromatic N) is 3. The van der Waals surface area contributed by atoms with Gasteiger partial charge in [-0.3, -0.25) is 9.59 Å². The predicted molar refractivity (Wildman–Crippen MR) is 85.7 cm³/mol. The Morgan fingerprint density at radius 2 is 2.26 bits per heavy atom. The molecule has 1 unspecified atom stereocenters. The van der Waals surface area contributed by atoms with Crippen LogP contribution in [0.3, 0.4) is 0 Å². The molecule has 1 aliphatic heterocycles. The van der Waals surface area contributed by atoms with Gasteiger partial charge in [0.25, 0.3) is 0 Å². The molecule has 128 valence electrons. The molecule has 2 N–H and O–H groups in total. The fraction of sp³-hybridized carbons (Fsp3) is 0.688. The van der Waals surface area contributed by atoms with Crippen molar-refractivity contribution in [1.82, 2.24) is 19.8 Å². The van der Waals surface area contributed by atoms with Crippen LogP contribution in [0.5, 0.6) is 0 Å². The number of rotatable bonds is 6. The van der Waals surface area contributed by atoms with E-state index in [1.165, 1.54) is 0 Å². The van der Waals surface area contributed by atoms with Gasteiger partial charge in [0, 0.05) is 45.4 Å². The molecule has 0 spiro atoms. The monoisotopic (exact) mass is 322 g/mol. The van der Waals surface area contributed by atoms with Crippen LogP contribution in [0.25, 0.3) is 0 Å². The molecular weight excluding hydrogens is 296 g/mol. The van der Waals surface area contributed by atoms with E-state index in [0.717, 1.165) is 18.7 Å². The highest BCUT2D eigenvalue weighted by atomic mass is 16.3. The molecule has 7 heteroatoms. The largest absolute Gasteiger partial charge is 0.388 e. The molecule has 0 saturated carbocycles. The molecule has 7 nitrogen and oxygen atoms in total. The SMILES string of the molecule is CCc1nccn1CC(=O)N1CCCC(O)(CCC(=O)NC)C1. The number of piperidine rings is 1. The van der Waals surface area contributed by atoms with Crippen molar-refractivity contribution in [3.63, 3.8) is 0 Å². The Bertz CT molecular complexity index is 557. The lowest BCUT2D eigenvalue weighted by atomic mass is 9.88. The summed E-state index contributed by atoms with van der Waals surface area (Å²) < 4.78 is 1.85. The van der Waals surface area contributed by atoms with Crippen LogP contribution < -0.4 is 5.32 Å². The number of nitrogens with one attached hydrogen (secondary N) is 1. The highest BCUT2D eigenvalue weighted by Crippen LogP contribution is 2.26. The third kappa shape index (κ3) is 4.54. The first kappa shape index (κ1) is 17.5. The first-order valence-corrected chi connectivity index (χ1v) is 8.18. The Morgan fingerprint density at radius 1 is 1.48 bits per heavy atom. The summed E-state index contributed by atoms with van der Waals surface area (Å²) >= 11 is 0. The topological polar surface area (TPSA) is 87.5 Å². The summed E-state index contributed by atoms with van der Waals surface area (Å²) in [6.45, 7) is 3.19. The number of aryl methyl sites for hydroxylation is 1. The van der Waals surface area contributed by atoms with E-state index < -0.39 is 5.60 Å². The van der Waals surface area contributed by atoms with Crippen molar-refractivity contribution in [2.45, 2.75) is 51.2 Å². The summed E-state index contributed by atoms with van der Waals surface area (Å²) in [5.74, 6) is 0.772. The summed E-state index contributed by atoms with van der Waals surface area (Å²) in [5.41, 5.74) is -0.969. The van der Waals surface area contributed by atoms with E-state index >= 15 is 0 Å². The molecule has 1 atom stereocenters. The summed E-state index contributed by atoms with van der Waals surface area (Å²) in [6.07, 6.45) is 6.30. The van der Waals surface area contributed by atoms with E-state index in [2.05, 4.69) is 10.3 Å². The Morgan fingerprint density at radius 3 is 2.96 bits per heavy atom. The van der Waals surface area contributed by atoms with E-state index in [1.807, 2.05) is 11.5 Å². The third-order valence-electron chi connectivity index (χ3n) is 4.43. The molecule has 1 aromatic heterocycles. The number of likely N-dealkylation sites (tertiary alicyclic amines) is 1. The fourth-order valence-corrected chi connectivity index (χ4v) is 3.04. The number of aliphatic hydroxyl groups is 1. The minimum Gasteiger partial charge on any atom is -0.388 e. The van der Waals surface area contributed by atoms with Gasteiger partial charge in [0.15, 0.2) is 0 Å².